The molecule has 1 rings (SSSR count). The molecule has 20 heavy (non-hydrogen) atoms. The Bertz CT molecular complexity index is 395. The Morgan fingerprint density at radius 3 is 2.55 bits per heavy atom. The third-order valence-electron chi connectivity index (χ3n) is 3.15. The number of rotatable bonds is 8. The van der Waals surface area contributed by atoms with Crippen molar-refractivity contribution in [2.24, 2.45) is 5.92 Å². The van der Waals surface area contributed by atoms with Gasteiger partial charge in [-0.25, -0.2) is 0 Å². The smallest absolute Gasteiger partial charge is 0.234 e. The molecule has 0 radical (unpaired) electrons. The zero-order valence-corrected chi connectivity index (χ0v) is 14.2. The Balaban J connectivity index is 2.16. The van der Waals surface area contributed by atoms with Crippen LogP contribution in [-0.2, 0) is 11.3 Å². The minimum Gasteiger partial charge on any atom is -0.355 e. The van der Waals surface area contributed by atoms with Crippen LogP contribution in [0.1, 0.15) is 25.8 Å². The van der Waals surface area contributed by atoms with Crippen LogP contribution in [-0.4, -0.2) is 35.8 Å². The molecule has 0 aliphatic heterocycles. The van der Waals surface area contributed by atoms with E-state index in [2.05, 4.69) is 57.5 Å². The van der Waals surface area contributed by atoms with Gasteiger partial charge in [0.1, 0.15) is 0 Å². The van der Waals surface area contributed by atoms with Crippen molar-refractivity contribution in [1.82, 2.24) is 10.2 Å². The maximum absolute atomic E-state index is 11.7. The molecular weight excluding hydrogens is 316 g/mol. The zero-order valence-electron chi connectivity index (χ0n) is 12.6. The van der Waals surface area contributed by atoms with E-state index >= 15 is 0 Å². The molecule has 1 unspecified atom stereocenters. The zero-order chi connectivity index (χ0) is 15.0. The van der Waals surface area contributed by atoms with Gasteiger partial charge in [-0.05, 0) is 31.5 Å². The molecule has 4 heteroatoms. The van der Waals surface area contributed by atoms with Crippen LogP contribution < -0.4 is 5.32 Å². The molecule has 0 spiro atoms. The quantitative estimate of drug-likeness (QED) is 0.582. The van der Waals surface area contributed by atoms with Crippen molar-refractivity contribution >= 4 is 21.8 Å². The van der Waals surface area contributed by atoms with E-state index in [-0.39, 0.29) is 10.7 Å². The molecule has 0 bridgehead atoms. The fourth-order valence-corrected chi connectivity index (χ4v) is 2.10. The summed E-state index contributed by atoms with van der Waals surface area (Å²) in [5.41, 5.74) is 1.32. The van der Waals surface area contributed by atoms with Crippen molar-refractivity contribution in [3.8, 4) is 0 Å². The number of halogens is 1. The van der Waals surface area contributed by atoms with E-state index in [1.54, 1.807) is 0 Å². The highest BCUT2D eigenvalue weighted by atomic mass is 79.9. The normalized spacial score (nSPS) is 12.7. The molecule has 0 saturated heterocycles. The highest BCUT2D eigenvalue weighted by Gasteiger charge is 2.17. The summed E-state index contributed by atoms with van der Waals surface area (Å²) in [7, 11) is 2.11. The molecular formula is C16H25BrN2O. The predicted molar refractivity (Wildman–Crippen MR) is 88.0 cm³/mol. The Labute approximate surface area is 130 Å². The lowest BCUT2D eigenvalue weighted by Gasteiger charge is -2.18. The SMILES string of the molecule is CC(C)C(Br)C(=O)NCCCN(C)Cc1ccccc1. The molecule has 1 N–H and O–H groups in total. The summed E-state index contributed by atoms with van der Waals surface area (Å²) >= 11 is 3.41. The minimum absolute atomic E-state index is 0.0886. The Morgan fingerprint density at radius 1 is 1.30 bits per heavy atom. The second-order valence-electron chi connectivity index (χ2n) is 5.51. The first-order chi connectivity index (χ1) is 9.50. The monoisotopic (exact) mass is 340 g/mol. The van der Waals surface area contributed by atoms with Crippen LogP contribution >= 0.6 is 15.9 Å². The molecule has 0 aliphatic rings. The number of benzene rings is 1. The number of carbonyl (C=O) groups is 1. The van der Waals surface area contributed by atoms with Crippen LogP contribution in [0.25, 0.3) is 0 Å². The number of nitrogens with zero attached hydrogens (tertiary/aromatic N) is 1. The summed E-state index contributed by atoms with van der Waals surface area (Å²) in [6.07, 6.45) is 0.965. The molecule has 1 amide bonds. The van der Waals surface area contributed by atoms with Crippen LogP contribution in [0, 0.1) is 5.92 Å². The first kappa shape index (κ1) is 17.2. The third kappa shape index (κ3) is 6.53. The van der Waals surface area contributed by atoms with Crippen molar-refractivity contribution < 1.29 is 4.79 Å². The van der Waals surface area contributed by atoms with Crippen molar-refractivity contribution in [3.05, 3.63) is 35.9 Å². The summed E-state index contributed by atoms with van der Waals surface area (Å²) in [6, 6.07) is 10.4. The first-order valence-electron chi connectivity index (χ1n) is 7.15. The highest BCUT2D eigenvalue weighted by Crippen LogP contribution is 2.11. The lowest BCUT2D eigenvalue weighted by Crippen LogP contribution is -2.35. The maximum Gasteiger partial charge on any atom is 0.234 e. The van der Waals surface area contributed by atoms with Gasteiger partial charge >= 0.3 is 0 Å². The summed E-state index contributed by atoms with van der Waals surface area (Å²) in [4.78, 5) is 13.9. The molecule has 0 fully saturated rings. The van der Waals surface area contributed by atoms with E-state index in [9.17, 15) is 4.79 Å². The van der Waals surface area contributed by atoms with Crippen LogP contribution in [0.4, 0.5) is 0 Å². The summed E-state index contributed by atoms with van der Waals surface area (Å²) in [5, 5.41) is 2.97. The van der Waals surface area contributed by atoms with E-state index < -0.39 is 0 Å². The molecule has 0 aromatic heterocycles. The standard InChI is InChI=1S/C16H25BrN2O/c1-13(2)15(17)16(20)18-10-7-11-19(3)12-14-8-5-4-6-9-14/h4-6,8-9,13,15H,7,10-12H2,1-3H3,(H,18,20). The van der Waals surface area contributed by atoms with Gasteiger partial charge in [0.05, 0.1) is 4.83 Å². The molecule has 0 heterocycles. The van der Waals surface area contributed by atoms with Crippen LogP contribution in [0.3, 0.4) is 0 Å². The average Bonchev–Trinajstić information content (AvgIpc) is 2.43. The molecule has 1 atom stereocenters. The second-order valence-corrected chi connectivity index (χ2v) is 6.50. The Hall–Kier alpha value is -0.870. The molecule has 0 saturated carbocycles. The Kier molecular flexibility index (Phi) is 7.85. The number of alkyl halides is 1. The maximum atomic E-state index is 11.7. The average molecular weight is 341 g/mol. The van der Waals surface area contributed by atoms with E-state index in [1.165, 1.54) is 5.56 Å². The number of hydrogen-bond acceptors (Lipinski definition) is 2. The molecule has 3 nitrogen and oxygen atoms in total. The fourth-order valence-electron chi connectivity index (χ4n) is 1.93. The van der Waals surface area contributed by atoms with Crippen LogP contribution in [0.5, 0.6) is 0 Å². The fraction of sp³-hybridized carbons (Fsp3) is 0.562. The van der Waals surface area contributed by atoms with Gasteiger partial charge < -0.3 is 10.2 Å². The molecule has 1 aromatic carbocycles. The third-order valence-corrected chi connectivity index (χ3v) is 4.62. The van der Waals surface area contributed by atoms with Gasteiger partial charge in [-0.15, -0.1) is 0 Å². The van der Waals surface area contributed by atoms with E-state index in [4.69, 9.17) is 0 Å². The lowest BCUT2D eigenvalue weighted by atomic mass is 10.1. The van der Waals surface area contributed by atoms with Gasteiger partial charge in [0, 0.05) is 13.1 Å². The van der Waals surface area contributed by atoms with Crippen molar-refractivity contribution in [1.29, 1.82) is 0 Å². The number of carbonyl (C=O) groups excluding carboxylic acids is 1. The second kappa shape index (κ2) is 9.14. The van der Waals surface area contributed by atoms with Gasteiger partial charge in [-0.2, -0.15) is 0 Å². The molecule has 0 aliphatic carbocycles. The summed E-state index contributed by atoms with van der Waals surface area (Å²) in [6.45, 7) is 6.72. The van der Waals surface area contributed by atoms with E-state index in [0.717, 1.165) is 26.1 Å². The van der Waals surface area contributed by atoms with Gasteiger partial charge in [0.2, 0.25) is 5.91 Å². The van der Waals surface area contributed by atoms with Gasteiger partial charge in [-0.3, -0.25) is 4.79 Å². The molecule has 1 aromatic rings. The lowest BCUT2D eigenvalue weighted by molar-refractivity contribution is -0.121. The van der Waals surface area contributed by atoms with Gasteiger partial charge in [0.15, 0.2) is 0 Å². The van der Waals surface area contributed by atoms with Crippen LogP contribution in [0.2, 0.25) is 0 Å². The summed E-state index contributed by atoms with van der Waals surface area (Å²) in [5.74, 6) is 0.404. The van der Waals surface area contributed by atoms with Crippen molar-refractivity contribution in [3.63, 3.8) is 0 Å². The van der Waals surface area contributed by atoms with Crippen LogP contribution in [0.15, 0.2) is 30.3 Å². The van der Waals surface area contributed by atoms with E-state index in [1.807, 2.05) is 19.9 Å². The Morgan fingerprint density at radius 2 is 1.95 bits per heavy atom. The first-order valence-corrected chi connectivity index (χ1v) is 8.06. The van der Waals surface area contributed by atoms with Gasteiger partial charge in [-0.1, -0.05) is 60.1 Å². The number of hydrogen-bond donors (Lipinski definition) is 1. The minimum atomic E-state index is -0.0930. The largest absolute Gasteiger partial charge is 0.355 e. The van der Waals surface area contributed by atoms with Crippen molar-refractivity contribution in [2.75, 3.05) is 20.1 Å². The topological polar surface area (TPSA) is 32.3 Å². The number of amides is 1. The summed E-state index contributed by atoms with van der Waals surface area (Å²) < 4.78 is 0. The van der Waals surface area contributed by atoms with Crippen molar-refractivity contribution in [2.45, 2.75) is 31.6 Å². The molecule has 112 valence electrons. The van der Waals surface area contributed by atoms with E-state index in [0.29, 0.717) is 5.92 Å². The van der Waals surface area contributed by atoms with Gasteiger partial charge in [0.25, 0.3) is 0 Å². The number of nitrogens with one attached hydrogen (secondary N) is 1. The predicted octanol–water partition coefficient (Wildman–Crippen LogP) is 3.04. The highest BCUT2D eigenvalue weighted by molar-refractivity contribution is 9.10.